The van der Waals surface area contributed by atoms with Gasteiger partial charge in [-0.3, -0.25) is 9.59 Å². The first-order valence-corrected chi connectivity index (χ1v) is 8.90. The van der Waals surface area contributed by atoms with Crippen molar-refractivity contribution >= 4 is 17.5 Å². The summed E-state index contributed by atoms with van der Waals surface area (Å²) >= 11 is 0. The fourth-order valence-electron chi connectivity index (χ4n) is 3.05. The van der Waals surface area contributed by atoms with Gasteiger partial charge in [0.05, 0.1) is 13.0 Å². The Morgan fingerprint density at radius 3 is 2.62 bits per heavy atom. The maximum Gasteiger partial charge on any atom is 0.251 e. The molecule has 0 aliphatic carbocycles. The maximum atomic E-state index is 13.1. The molecular formula is C21H23FN2O2. The lowest BCUT2D eigenvalue weighted by molar-refractivity contribution is -0.117. The van der Waals surface area contributed by atoms with Gasteiger partial charge in [0.2, 0.25) is 5.91 Å². The number of carbonyl (C=O) groups excluding carboxylic acids is 2. The van der Waals surface area contributed by atoms with Gasteiger partial charge in [0.1, 0.15) is 5.82 Å². The summed E-state index contributed by atoms with van der Waals surface area (Å²) in [4.78, 5) is 26.3. The van der Waals surface area contributed by atoms with Crippen LogP contribution in [0.1, 0.15) is 41.8 Å². The Hall–Kier alpha value is -2.69. The van der Waals surface area contributed by atoms with Crippen molar-refractivity contribution in [2.24, 2.45) is 5.92 Å². The van der Waals surface area contributed by atoms with Gasteiger partial charge in [0.25, 0.3) is 5.91 Å². The van der Waals surface area contributed by atoms with E-state index in [-0.39, 0.29) is 24.1 Å². The second kappa shape index (κ2) is 7.68. The van der Waals surface area contributed by atoms with E-state index in [0.29, 0.717) is 24.6 Å². The van der Waals surface area contributed by atoms with Crippen LogP contribution < -0.4 is 10.2 Å². The van der Waals surface area contributed by atoms with E-state index < -0.39 is 0 Å². The molecule has 5 heteroatoms. The molecule has 0 aromatic heterocycles. The predicted molar refractivity (Wildman–Crippen MR) is 99.5 cm³/mol. The number of nitrogens with zero attached hydrogens (tertiary/aromatic N) is 1. The lowest BCUT2D eigenvalue weighted by atomic mass is 10.1. The van der Waals surface area contributed by atoms with E-state index in [1.807, 2.05) is 6.07 Å². The van der Waals surface area contributed by atoms with E-state index in [9.17, 15) is 14.0 Å². The first-order chi connectivity index (χ1) is 12.4. The Morgan fingerprint density at radius 1 is 1.19 bits per heavy atom. The Bertz CT molecular complexity index is 815. The monoisotopic (exact) mass is 354 g/mol. The van der Waals surface area contributed by atoms with Gasteiger partial charge in [-0.1, -0.05) is 26.0 Å². The lowest BCUT2D eigenvalue weighted by Crippen LogP contribution is -2.26. The van der Waals surface area contributed by atoms with E-state index in [4.69, 9.17) is 0 Å². The molecule has 0 spiro atoms. The first kappa shape index (κ1) is 18.1. The molecule has 0 fully saturated rings. The second-order valence-corrected chi connectivity index (χ2v) is 7.07. The van der Waals surface area contributed by atoms with Crippen molar-refractivity contribution < 1.29 is 14.0 Å². The number of hydrogen-bond acceptors (Lipinski definition) is 2. The molecule has 0 saturated heterocycles. The average molecular weight is 354 g/mol. The summed E-state index contributed by atoms with van der Waals surface area (Å²) in [7, 11) is 0. The molecule has 1 aliphatic heterocycles. The van der Waals surface area contributed by atoms with E-state index >= 15 is 0 Å². The van der Waals surface area contributed by atoms with E-state index in [1.165, 1.54) is 12.1 Å². The topological polar surface area (TPSA) is 49.4 Å². The zero-order valence-electron chi connectivity index (χ0n) is 15.1. The summed E-state index contributed by atoms with van der Waals surface area (Å²) in [6, 6.07) is 11.5. The van der Waals surface area contributed by atoms with Crippen LogP contribution in [0.25, 0.3) is 0 Å². The number of carbonyl (C=O) groups is 2. The molecule has 4 nitrogen and oxygen atoms in total. The van der Waals surface area contributed by atoms with Crippen molar-refractivity contribution in [1.29, 1.82) is 0 Å². The number of nitrogens with one attached hydrogen (secondary N) is 1. The molecule has 1 heterocycles. The number of halogens is 1. The largest absolute Gasteiger partial charge is 0.352 e. The minimum atomic E-state index is -0.296. The van der Waals surface area contributed by atoms with Gasteiger partial charge < -0.3 is 10.2 Å². The van der Waals surface area contributed by atoms with Crippen molar-refractivity contribution in [1.82, 2.24) is 5.32 Å². The van der Waals surface area contributed by atoms with Gasteiger partial charge in [-0.25, -0.2) is 4.39 Å². The molecule has 0 unspecified atom stereocenters. The smallest absolute Gasteiger partial charge is 0.251 e. The van der Waals surface area contributed by atoms with Gasteiger partial charge in [0.15, 0.2) is 0 Å². The number of anilines is 1. The third kappa shape index (κ3) is 4.10. The Balaban J connectivity index is 1.72. The van der Waals surface area contributed by atoms with E-state index in [1.54, 1.807) is 29.2 Å². The predicted octanol–water partition coefficient (Wildman–Crippen LogP) is 3.69. The van der Waals surface area contributed by atoms with Crippen molar-refractivity contribution in [2.75, 3.05) is 11.4 Å². The Labute approximate surface area is 153 Å². The zero-order valence-corrected chi connectivity index (χ0v) is 15.1. The molecule has 2 amide bonds. The third-order valence-electron chi connectivity index (χ3n) is 4.54. The molecule has 1 N–H and O–H groups in total. The summed E-state index contributed by atoms with van der Waals surface area (Å²) in [5.74, 6) is 0.113. The molecular weight excluding hydrogens is 331 g/mol. The van der Waals surface area contributed by atoms with Crippen LogP contribution in [0.15, 0.2) is 42.5 Å². The molecule has 26 heavy (non-hydrogen) atoms. The highest BCUT2D eigenvalue weighted by Gasteiger charge is 2.28. The molecule has 136 valence electrons. The molecule has 0 saturated carbocycles. The van der Waals surface area contributed by atoms with Crippen LogP contribution in [0, 0.1) is 11.7 Å². The fourth-order valence-corrected chi connectivity index (χ4v) is 3.05. The summed E-state index contributed by atoms with van der Waals surface area (Å²) in [5, 5.41) is 2.92. The number of amides is 2. The maximum absolute atomic E-state index is 13.1. The van der Waals surface area contributed by atoms with Gasteiger partial charge in [-0.05, 0) is 53.8 Å². The van der Waals surface area contributed by atoms with Crippen molar-refractivity contribution in [3.05, 3.63) is 65.0 Å². The summed E-state index contributed by atoms with van der Waals surface area (Å²) in [6.07, 6.45) is 1.21. The van der Waals surface area contributed by atoms with Crippen LogP contribution in [0.3, 0.4) is 0 Å². The highest BCUT2D eigenvalue weighted by molar-refractivity contribution is 6.03. The molecule has 2 aromatic rings. The van der Waals surface area contributed by atoms with Crippen molar-refractivity contribution in [3.63, 3.8) is 0 Å². The van der Waals surface area contributed by atoms with Crippen molar-refractivity contribution in [3.8, 4) is 0 Å². The number of rotatable bonds is 6. The molecule has 2 aromatic carbocycles. The number of benzene rings is 2. The van der Waals surface area contributed by atoms with Gasteiger partial charge in [0, 0.05) is 17.8 Å². The second-order valence-electron chi connectivity index (χ2n) is 7.07. The minimum Gasteiger partial charge on any atom is -0.352 e. The standard InChI is InChI=1S/C21H23FN2O2/c1-14(2)9-10-23-21(26)16-5-8-19-17(11-16)12-20(25)24(19)13-15-3-6-18(22)7-4-15/h3-8,11,14H,9-10,12-13H2,1-2H3,(H,23,26). The fraction of sp³-hybridized carbons (Fsp3) is 0.333. The Morgan fingerprint density at radius 2 is 1.92 bits per heavy atom. The van der Waals surface area contributed by atoms with Gasteiger partial charge in [-0.2, -0.15) is 0 Å². The van der Waals surface area contributed by atoms with Crippen LogP contribution in [0.4, 0.5) is 10.1 Å². The summed E-state index contributed by atoms with van der Waals surface area (Å²) in [6.45, 7) is 5.26. The molecule has 0 atom stereocenters. The highest BCUT2D eigenvalue weighted by atomic mass is 19.1. The molecule has 0 radical (unpaired) electrons. The van der Waals surface area contributed by atoms with Crippen LogP contribution in [-0.4, -0.2) is 18.4 Å². The van der Waals surface area contributed by atoms with Crippen LogP contribution in [-0.2, 0) is 17.8 Å². The summed E-state index contributed by atoms with van der Waals surface area (Å²) < 4.78 is 13.1. The van der Waals surface area contributed by atoms with Gasteiger partial charge in [-0.15, -0.1) is 0 Å². The van der Waals surface area contributed by atoms with E-state index in [0.717, 1.165) is 23.2 Å². The zero-order chi connectivity index (χ0) is 18.7. The highest BCUT2D eigenvalue weighted by Crippen LogP contribution is 2.31. The molecule has 1 aliphatic rings. The SMILES string of the molecule is CC(C)CCNC(=O)c1ccc2c(c1)CC(=O)N2Cc1ccc(F)cc1. The van der Waals surface area contributed by atoms with Crippen LogP contribution in [0.2, 0.25) is 0 Å². The number of fused-ring (bicyclic) bond motifs is 1. The third-order valence-corrected chi connectivity index (χ3v) is 4.54. The Kier molecular flexibility index (Phi) is 5.35. The molecule has 0 bridgehead atoms. The minimum absolute atomic E-state index is 0.0123. The quantitative estimate of drug-likeness (QED) is 0.860. The summed E-state index contributed by atoms with van der Waals surface area (Å²) in [5.41, 5.74) is 3.11. The number of hydrogen-bond donors (Lipinski definition) is 1. The normalized spacial score (nSPS) is 13.2. The van der Waals surface area contributed by atoms with Gasteiger partial charge >= 0.3 is 0 Å². The molecule has 3 rings (SSSR count). The average Bonchev–Trinajstić information content (AvgIpc) is 2.91. The van der Waals surface area contributed by atoms with Crippen LogP contribution in [0.5, 0.6) is 0 Å². The first-order valence-electron chi connectivity index (χ1n) is 8.90. The lowest BCUT2D eigenvalue weighted by Gasteiger charge is -2.18. The van der Waals surface area contributed by atoms with Crippen molar-refractivity contribution in [2.45, 2.75) is 33.2 Å². The van der Waals surface area contributed by atoms with Crippen LogP contribution >= 0.6 is 0 Å². The van der Waals surface area contributed by atoms with E-state index in [2.05, 4.69) is 19.2 Å².